The van der Waals surface area contributed by atoms with E-state index in [-0.39, 0.29) is 56.3 Å². The third-order valence-electron chi connectivity index (χ3n) is 9.07. The van der Waals surface area contributed by atoms with Gasteiger partial charge in [0.2, 0.25) is 17.7 Å². The van der Waals surface area contributed by atoms with Crippen LogP contribution in [-0.4, -0.2) is 93.7 Å². The number of carbonyl (C=O) groups excluding carboxylic acids is 3. The van der Waals surface area contributed by atoms with Gasteiger partial charge < -0.3 is 57.1 Å². The molecule has 0 bridgehead atoms. The average Bonchev–Trinajstić information content (AvgIpc) is 3.67. The fourth-order valence-electron chi connectivity index (χ4n) is 5.77. The van der Waals surface area contributed by atoms with Crippen LogP contribution in [0.3, 0.4) is 0 Å². The number of aliphatic hydroxyl groups excluding tert-OH is 2. The Bertz CT molecular complexity index is 1830. The monoisotopic (exact) mass is 773 g/mol. The zero-order chi connectivity index (χ0) is 40.6. The van der Waals surface area contributed by atoms with E-state index in [1.165, 1.54) is 19.1 Å². The smallest absolute Gasteiger partial charge is 0.329 e. The first-order chi connectivity index (χ1) is 26.8. The molecule has 1 aliphatic heterocycles. The second kappa shape index (κ2) is 21.2. The minimum Gasteiger partial charge on any atom is -0.485 e. The van der Waals surface area contributed by atoms with E-state index >= 15 is 0 Å². The van der Waals surface area contributed by atoms with Crippen LogP contribution in [0.4, 0.5) is 0 Å². The zero-order valence-electron chi connectivity index (χ0n) is 31.2. The number of rotatable bonds is 21. The van der Waals surface area contributed by atoms with Crippen molar-refractivity contribution in [1.82, 2.24) is 20.9 Å². The molecule has 3 amide bonds. The number of benzene rings is 3. The Hall–Kier alpha value is -5.97. The first-order valence-corrected chi connectivity index (χ1v) is 18.3. The van der Waals surface area contributed by atoms with Gasteiger partial charge in [-0.1, -0.05) is 78.4 Å². The summed E-state index contributed by atoms with van der Waals surface area (Å²) < 4.78 is 12.1. The second-order valence-corrected chi connectivity index (χ2v) is 13.5. The molecule has 0 aromatic heterocycles. The van der Waals surface area contributed by atoms with Crippen molar-refractivity contribution < 1.29 is 44.0 Å². The van der Waals surface area contributed by atoms with E-state index in [1.807, 2.05) is 66.7 Å². The number of carboxylic acid groups (broad SMARTS) is 1. The lowest BCUT2D eigenvalue weighted by Crippen LogP contribution is -2.54. The molecule has 0 fully saturated rings. The normalized spacial score (nSPS) is 15.0. The van der Waals surface area contributed by atoms with E-state index in [9.17, 15) is 34.5 Å². The van der Waals surface area contributed by atoms with Crippen LogP contribution in [0.2, 0.25) is 0 Å². The predicted molar refractivity (Wildman–Crippen MR) is 207 cm³/mol. The van der Waals surface area contributed by atoms with Crippen molar-refractivity contribution in [3.8, 4) is 11.5 Å². The summed E-state index contributed by atoms with van der Waals surface area (Å²) in [5.41, 5.74) is 14.1. The summed E-state index contributed by atoms with van der Waals surface area (Å²) in [6, 6.07) is 19.5. The van der Waals surface area contributed by atoms with Gasteiger partial charge in [-0.05, 0) is 55.0 Å². The van der Waals surface area contributed by atoms with Crippen molar-refractivity contribution in [2.45, 2.75) is 76.2 Å². The fourth-order valence-corrected chi connectivity index (χ4v) is 5.77. The number of unbranched alkanes of at least 4 members (excludes halogenated alkanes) is 1. The van der Waals surface area contributed by atoms with E-state index in [0.29, 0.717) is 25.3 Å². The first kappa shape index (κ1) is 42.8. The maximum atomic E-state index is 13.1. The molecule has 4 rings (SSSR count). The van der Waals surface area contributed by atoms with Crippen LogP contribution in [-0.2, 0) is 32.4 Å². The molecule has 56 heavy (non-hydrogen) atoms. The molecule has 300 valence electrons. The van der Waals surface area contributed by atoms with Gasteiger partial charge in [-0.25, -0.2) is 4.79 Å². The van der Waals surface area contributed by atoms with Gasteiger partial charge in [0.05, 0.1) is 6.10 Å². The van der Waals surface area contributed by atoms with Crippen LogP contribution in [0.25, 0.3) is 0 Å². The molecule has 0 spiro atoms. The first-order valence-electron chi connectivity index (χ1n) is 18.3. The number of nitrogens with one attached hydrogen (secondary N) is 4. The Morgan fingerprint density at radius 3 is 2.07 bits per heavy atom. The standard InChI is InChI=1S/C40H51N7O9/c1-25(48)34(41)38(52)45-30(20-28-17-19-47(22-28)40(42)43)37(51)44-18-9-8-14-33(49)46-35(39(53)54)36(50)29-15-16-31(55-23-26-10-4-2-5-11-26)32(21-29)56-24-27-12-6-3-7-13-27/h2-7,10-13,15-17,21,25,30,34-36,48,50H,8-9,14,18-20,22-24,41H2,1H3,(H3,42,43)(H,44,51)(H,45,52)(H,46,49)(H,53,54). The molecular weight excluding hydrogens is 722 g/mol. The van der Waals surface area contributed by atoms with E-state index in [2.05, 4.69) is 16.0 Å². The van der Waals surface area contributed by atoms with Crippen LogP contribution in [0.1, 0.15) is 55.4 Å². The van der Waals surface area contributed by atoms with Crippen LogP contribution in [0, 0.1) is 5.41 Å². The Labute approximate surface area is 325 Å². The topological polar surface area (TPSA) is 263 Å². The maximum absolute atomic E-state index is 13.1. The molecule has 3 aromatic carbocycles. The van der Waals surface area contributed by atoms with Gasteiger partial charge >= 0.3 is 5.97 Å². The lowest BCUT2D eigenvalue weighted by Gasteiger charge is -2.23. The number of nitrogens with zero attached hydrogens (tertiary/aromatic N) is 1. The third-order valence-corrected chi connectivity index (χ3v) is 9.07. The molecule has 0 aliphatic carbocycles. The number of guanidine groups is 1. The van der Waals surface area contributed by atoms with E-state index < -0.39 is 54.0 Å². The number of aliphatic hydroxyl groups is 2. The second-order valence-electron chi connectivity index (χ2n) is 13.5. The lowest BCUT2D eigenvalue weighted by atomic mass is 10.0. The van der Waals surface area contributed by atoms with Gasteiger partial charge in [-0.3, -0.25) is 19.8 Å². The van der Waals surface area contributed by atoms with Crippen molar-refractivity contribution in [2.24, 2.45) is 11.5 Å². The van der Waals surface area contributed by atoms with Gasteiger partial charge in [-0.15, -0.1) is 0 Å². The summed E-state index contributed by atoms with van der Waals surface area (Å²) in [6.07, 6.45) is -0.335. The summed E-state index contributed by atoms with van der Waals surface area (Å²) >= 11 is 0. The van der Waals surface area contributed by atoms with Crippen LogP contribution < -0.4 is 36.9 Å². The predicted octanol–water partition coefficient (Wildman–Crippen LogP) is 1.45. The maximum Gasteiger partial charge on any atom is 0.329 e. The highest BCUT2D eigenvalue weighted by molar-refractivity contribution is 5.90. The van der Waals surface area contributed by atoms with Crippen molar-refractivity contribution in [3.05, 3.63) is 107 Å². The summed E-state index contributed by atoms with van der Waals surface area (Å²) in [6.45, 7) is 2.63. The number of hydrogen-bond donors (Lipinski definition) is 9. The summed E-state index contributed by atoms with van der Waals surface area (Å²) in [7, 11) is 0. The minimum atomic E-state index is -1.68. The Balaban J connectivity index is 1.32. The summed E-state index contributed by atoms with van der Waals surface area (Å²) in [5, 5.41) is 46.3. The third kappa shape index (κ3) is 13.1. The van der Waals surface area contributed by atoms with Gasteiger partial charge in [-0.2, -0.15) is 0 Å². The molecule has 0 radical (unpaired) electrons. The van der Waals surface area contributed by atoms with Crippen molar-refractivity contribution in [3.63, 3.8) is 0 Å². The zero-order valence-corrected chi connectivity index (χ0v) is 31.2. The molecule has 5 atom stereocenters. The molecule has 11 N–H and O–H groups in total. The number of carbonyl (C=O) groups is 4. The molecule has 1 aliphatic rings. The SMILES string of the molecule is CC(O)C(N)C(=O)NC(CC1=CCN(C(=N)N)C1)C(=O)NCCCCC(=O)NC(C(=O)O)C(O)c1ccc(OCc2ccccc2)c(OCc2ccccc2)c1. The average molecular weight is 774 g/mol. The molecule has 16 heteroatoms. The number of carboxylic acids is 1. The van der Waals surface area contributed by atoms with Gasteiger partial charge in [0.1, 0.15) is 31.4 Å². The van der Waals surface area contributed by atoms with Crippen molar-refractivity contribution >= 4 is 29.7 Å². The van der Waals surface area contributed by atoms with Gasteiger partial charge in [0, 0.05) is 26.1 Å². The molecule has 16 nitrogen and oxygen atoms in total. The summed E-state index contributed by atoms with van der Waals surface area (Å²) in [5.74, 6) is -2.74. The highest BCUT2D eigenvalue weighted by Gasteiger charge is 2.31. The minimum absolute atomic E-state index is 0.0960. The largest absolute Gasteiger partial charge is 0.485 e. The quantitative estimate of drug-likeness (QED) is 0.0323. The van der Waals surface area contributed by atoms with Crippen molar-refractivity contribution in [1.29, 1.82) is 5.41 Å². The number of ether oxygens (including phenoxy) is 2. The number of aliphatic carboxylic acids is 1. The number of hydrogen-bond acceptors (Lipinski definition) is 10. The van der Waals surface area contributed by atoms with E-state index in [0.717, 1.165) is 16.7 Å². The summed E-state index contributed by atoms with van der Waals surface area (Å²) in [4.78, 5) is 52.4. The Kier molecular flexibility index (Phi) is 16.2. The van der Waals surface area contributed by atoms with Gasteiger partial charge in [0.15, 0.2) is 23.5 Å². The lowest BCUT2D eigenvalue weighted by molar-refractivity contribution is -0.145. The molecule has 0 saturated carbocycles. The molecule has 1 heterocycles. The number of nitrogens with two attached hydrogens (primary N) is 2. The number of amides is 3. The van der Waals surface area contributed by atoms with Gasteiger partial charge in [0.25, 0.3) is 0 Å². The Morgan fingerprint density at radius 1 is 0.875 bits per heavy atom. The van der Waals surface area contributed by atoms with Crippen LogP contribution in [0.15, 0.2) is 90.5 Å². The van der Waals surface area contributed by atoms with E-state index in [4.69, 9.17) is 26.4 Å². The van der Waals surface area contributed by atoms with Crippen LogP contribution in [0.5, 0.6) is 11.5 Å². The molecule has 0 saturated heterocycles. The highest BCUT2D eigenvalue weighted by Crippen LogP contribution is 2.33. The molecule has 5 unspecified atom stereocenters. The van der Waals surface area contributed by atoms with Crippen LogP contribution >= 0.6 is 0 Å². The van der Waals surface area contributed by atoms with Crippen molar-refractivity contribution in [2.75, 3.05) is 19.6 Å². The highest BCUT2D eigenvalue weighted by atomic mass is 16.5. The molecule has 3 aromatic rings. The fraction of sp³-hybridized carbons (Fsp3) is 0.375. The Morgan fingerprint density at radius 2 is 1.50 bits per heavy atom. The molecular formula is C40H51N7O9. The van der Waals surface area contributed by atoms with E-state index in [1.54, 1.807) is 11.0 Å².